The molecule has 27 heavy (non-hydrogen) atoms. The maximum absolute atomic E-state index is 12.4. The average molecular weight is 408 g/mol. The number of carbonyl (C=O) groups is 3. The number of benzene rings is 1. The minimum atomic E-state index is -4.91. The lowest BCUT2D eigenvalue weighted by Gasteiger charge is -2.13. The molecule has 0 aliphatic heterocycles. The third kappa shape index (κ3) is 9.18. The van der Waals surface area contributed by atoms with E-state index in [9.17, 15) is 27.6 Å². The van der Waals surface area contributed by atoms with E-state index in [2.05, 4.69) is 10.1 Å². The van der Waals surface area contributed by atoms with Gasteiger partial charge in [0.15, 0.2) is 0 Å². The van der Waals surface area contributed by atoms with E-state index < -0.39 is 29.9 Å². The normalized spacial score (nSPS) is 11.0. The van der Waals surface area contributed by atoms with Crippen LogP contribution in [-0.4, -0.2) is 36.6 Å². The third-order valence-electron chi connectivity index (χ3n) is 2.97. The van der Waals surface area contributed by atoms with E-state index in [1.165, 1.54) is 6.07 Å². The van der Waals surface area contributed by atoms with Gasteiger partial charge in [0, 0.05) is 24.3 Å². The van der Waals surface area contributed by atoms with Gasteiger partial charge < -0.3 is 20.5 Å². The lowest BCUT2D eigenvalue weighted by Crippen LogP contribution is -2.28. The van der Waals surface area contributed by atoms with E-state index in [4.69, 9.17) is 10.5 Å². The van der Waals surface area contributed by atoms with E-state index >= 15 is 0 Å². The molecule has 0 saturated heterocycles. The van der Waals surface area contributed by atoms with E-state index in [0.29, 0.717) is 6.42 Å². The van der Waals surface area contributed by atoms with Gasteiger partial charge in [-0.05, 0) is 24.6 Å². The number of nitrogens with one attached hydrogen (secondary N) is 1. The molecular weight excluding hydrogens is 389 g/mol. The summed E-state index contributed by atoms with van der Waals surface area (Å²) >= 11 is 0.964. The number of alkyl halides is 3. The third-order valence-corrected chi connectivity index (χ3v) is 3.88. The molecule has 2 amide bonds. The number of rotatable bonds is 10. The summed E-state index contributed by atoms with van der Waals surface area (Å²) < 4.78 is 46.0. The van der Waals surface area contributed by atoms with Gasteiger partial charge in [0.25, 0.3) is 5.91 Å². The van der Waals surface area contributed by atoms with Crippen LogP contribution in [0.15, 0.2) is 23.1 Å². The predicted octanol–water partition coefficient (Wildman–Crippen LogP) is 2.58. The van der Waals surface area contributed by atoms with Gasteiger partial charge >= 0.3 is 12.3 Å². The number of nitrogens with two attached hydrogens (primary N) is 1. The summed E-state index contributed by atoms with van der Waals surface area (Å²) in [6.45, 7) is 1.73. The number of esters is 1. The van der Waals surface area contributed by atoms with E-state index in [-0.39, 0.29) is 35.8 Å². The molecule has 0 radical (unpaired) electrons. The van der Waals surface area contributed by atoms with Gasteiger partial charge in [-0.25, -0.2) is 0 Å². The summed E-state index contributed by atoms with van der Waals surface area (Å²) in [5, 5.41) is 2.38. The zero-order valence-electron chi connectivity index (χ0n) is 14.4. The summed E-state index contributed by atoms with van der Waals surface area (Å²) in [5.41, 5.74) is 4.86. The van der Waals surface area contributed by atoms with Crippen LogP contribution in [0.25, 0.3) is 0 Å². The zero-order valence-corrected chi connectivity index (χ0v) is 15.2. The molecule has 0 unspecified atom stereocenters. The fraction of sp³-hybridized carbons (Fsp3) is 0.438. The Morgan fingerprint density at radius 3 is 2.52 bits per heavy atom. The maximum Gasteiger partial charge on any atom is 0.573 e. The topological polar surface area (TPSA) is 108 Å². The fourth-order valence-electron chi connectivity index (χ4n) is 1.84. The molecule has 0 heterocycles. The first-order valence-electron chi connectivity index (χ1n) is 7.87. The number of carbonyl (C=O) groups excluding carboxylic acids is 3. The predicted molar refractivity (Wildman–Crippen MR) is 91.0 cm³/mol. The minimum Gasteiger partial charge on any atom is -0.454 e. The van der Waals surface area contributed by atoms with Crippen molar-refractivity contribution in [3.63, 3.8) is 0 Å². The van der Waals surface area contributed by atoms with Crippen molar-refractivity contribution >= 4 is 29.5 Å². The largest absolute Gasteiger partial charge is 0.573 e. The van der Waals surface area contributed by atoms with Crippen molar-refractivity contribution in [2.45, 2.75) is 37.4 Å². The van der Waals surface area contributed by atoms with Crippen LogP contribution in [0.5, 0.6) is 5.75 Å². The number of hydrogen-bond acceptors (Lipinski definition) is 6. The second-order valence-electron chi connectivity index (χ2n) is 5.21. The Hall–Kier alpha value is -2.43. The van der Waals surface area contributed by atoms with Crippen LogP contribution in [0.1, 0.15) is 36.5 Å². The molecule has 0 aliphatic rings. The van der Waals surface area contributed by atoms with E-state index in [0.717, 1.165) is 23.9 Å². The highest BCUT2D eigenvalue weighted by atomic mass is 32.2. The summed E-state index contributed by atoms with van der Waals surface area (Å²) in [6, 6.07) is 3.22. The molecule has 0 saturated carbocycles. The summed E-state index contributed by atoms with van der Waals surface area (Å²) in [4.78, 5) is 34.6. The number of amides is 2. The standard InChI is InChI=1S/C16H19F3N2O5S/c1-2-3-14(23)25-9-27-12-5-4-10(26-16(17,18)19)8-11(12)15(24)21-7-6-13(20)22/h4-5,8H,2-3,6-7,9H2,1H3,(H2,20,22)(H,21,24). The van der Waals surface area contributed by atoms with Crippen molar-refractivity contribution in [1.29, 1.82) is 0 Å². The van der Waals surface area contributed by atoms with Gasteiger partial charge in [0.1, 0.15) is 11.7 Å². The van der Waals surface area contributed by atoms with Crippen LogP contribution < -0.4 is 15.8 Å². The van der Waals surface area contributed by atoms with E-state index in [1.54, 1.807) is 0 Å². The second kappa shape index (κ2) is 10.7. The zero-order chi connectivity index (χ0) is 20.4. The van der Waals surface area contributed by atoms with Crippen molar-refractivity contribution in [3.8, 4) is 5.75 Å². The van der Waals surface area contributed by atoms with Crippen LogP contribution in [-0.2, 0) is 14.3 Å². The Labute approximate surface area is 157 Å². The number of hydrogen-bond donors (Lipinski definition) is 2. The van der Waals surface area contributed by atoms with Crippen LogP contribution in [0.3, 0.4) is 0 Å². The molecule has 0 bridgehead atoms. The van der Waals surface area contributed by atoms with Gasteiger partial charge in [0.2, 0.25) is 5.91 Å². The Bertz CT molecular complexity index is 683. The van der Waals surface area contributed by atoms with Crippen molar-refractivity contribution in [3.05, 3.63) is 23.8 Å². The monoisotopic (exact) mass is 408 g/mol. The summed E-state index contributed by atoms with van der Waals surface area (Å²) in [5.74, 6) is -2.46. The van der Waals surface area contributed by atoms with Gasteiger partial charge in [-0.15, -0.1) is 13.2 Å². The first-order chi connectivity index (χ1) is 12.6. The summed E-state index contributed by atoms with van der Waals surface area (Å²) in [6.07, 6.45) is -4.19. The van der Waals surface area contributed by atoms with Crippen molar-refractivity contribution < 1.29 is 37.0 Å². The number of thioether (sulfide) groups is 1. The Morgan fingerprint density at radius 1 is 1.22 bits per heavy atom. The fourth-order valence-corrected chi connectivity index (χ4v) is 2.63. The van der Waals surface area contributed by atoms with Gasteiger partial charge in [-0.3, -0.25) is 14.4 Å². The van der Waals surface area contributed by atoms with Crippen LogP contribution in [0.4, 0.5) is 13.2 Å². The van der Waals surface area contributed by atoms with Crippen LogP contribution in [0.2, 0.25) is 0 Å². The smallest absolute Gasteiger partial charge is 0.454 e. The van der Waals surface area contributed by atoms with Gasteiger partial charge in [-0.2, -0.15) is 0 Å². The Morgan fingerprint density at radius 2 is 1.93 bits per heavy atom. The van der Waals surface area contributed by atoms with Gasteiger partial charge in [-0.1, -0.05) is 18.7 Å². The molecule has 0 spiro atoms. The number of halogens is 3. The minimum absolute atomic E-state index is 0.0753. The van der Waals surface area contributed by atoms with Crippen molar-refractivity contribution in [2.75, 3.05) is 12.5 Å². The van der Waals surface area contributed by atoms with Crippen molar-refractivity contribution in [2.24, 2.45) is 5.73 Å². The maximum atomic E-state index is 12.4. The average Bonchev–Trinajstić information content (AvgIpc) is 2.54. The highest BCUT2D eigenvalue weighted by molar-refractivity contribution is 7.99. The Balaban J connectivity index is 2.90. The first-order valence-corrected chi connectivity index (χ1v) is 8.85. The number of ether oxygens (including phenoxy) is 2. The molecule has 7 nitrogen and oxygen atoms in total. The lowest BCUT2D eigenvalue weighted by atomic mass is 10.2. The molecule has 1 aromatic carbocycles. The van der Waals surface area contributed by atoms with Crippen LogP contribution >= 0.6 is 11.8 Å². The lowest BCUT2D eigenvalue weighted by molar-refractivity contribution is -0.274. The quantitative estimate of drug-likeness (QED) is 0.350. The molecular formula is C16H19F3N2O5S. The molecule has 3 N–H and O–H groups in total. The highest BCUT2D eigenvalue weighted by Gasteiger charge is 2.31. The van der Waals surface area contributed by atoms with E-state index in [1.807, 2.05) is 6.92 Å². The van der Waals surface area contributed by atoms with Crippen LogP contribution in [0, 0.1) is 0 Å². The SMILES string of the molecule is CCCC(=O)OCSc1ccc(OC(F)(F)F)cc1C(=O)NCCC(N)=O. The highest BCUT2D eigenvalue weighted by Crippen LogP contribution is 2.30. The molecule has 1 aromatic rings. The summed E-state index contributed by atoms with van der Waals surface area (Å²) in [7, 11) is 0. The molecule has 1 rings (SSSR count). The molecule has 0 fully saturated rings. The number of primary amides is 1. The van der Waals surface area contributed by atoms with Gasteiger partial charge in [0.05, 0.1) is 5.56 Å². The molecule has 11 heteroatoms. The molecule has 0 aromatic heterocycles. The van der Waals surface area contributed by atoms with Crippen molar-refractivity contribution in [1.82, 2.24) is 5.32 Å². The molecule has 150 valence electrons. The molecule has 0 aliphatic carbocycles. The first kappa shape index (κ1) is 22.6. The molecule has 0 atom stereocenters. The Kier molecular flexibility index (Phi) is 8.92. The second-order valence-corrected chi connectivity index (χ2v) is 6.17.